The molecule has 0 saturated heterocycles. The molecule has 0 bridgehead atoms. The normalized spacial score (nSPS) is 12.8. The standard InChI is InChI=1S/C19H21N3O3S/c1-15(18-9-3-4-10-19(18)22-12-6-11-20-22)21-26(23,24)17-8-5-7-16(13-17)14-25-2/h3-13,15,21H,14H2,1-2H3. The van der Waals surface area contributed by atoms with Gasteiger partial charge in [0.1, 0.15) is 0 Å². The fourth-order valence-electron chi connectivity index (χ4n) is 2.81. The summed E-state index contributed by atoms with van der Waals surface area (Å²) in [5, 5.41) is 4.24. The number of hydrogen-bond donors (Lipinski definition) is 1. The number of hydrogen-bond acceptors (Lipinski definition) is 4. The molecule has 3 aromatic rings. The Balaban J connectivity index is 1.88. The number of aromatic nitrogens is 2. The third-order valence-electron chi connectivity index (χ3n) is 4.01. The molecule has 1 aromatic heterocycles. The molecular weight excluding hydrogens is 350 g/mol. The van der Waals surface area contributed by atoms with E-state index in [1.807, 2.05) is 49.5 Å². The predicted molar refractivity (Wildman–Crippen MR) is 99.5 cm³/mol. The average Bonchev–Trinajstić information content (AvgIpc) is 3.16. The van der Waals surface area contributed by atoms with Crippen LogP contribution >= 0.6 is 0 Å². The van der Waals surface area contributed by atoms with Crippen molar-refractivity contribution < 1.29 is 13.2 Å². The van der Waals surface area contributed by atoms with Gasteiger partial charge >= 0.3 is 0 Å². The Hall–Kier alpha value is -2.48. The number of ether oxygens (including phenoxy) is 1. The van der Waals surface area contributed by atoms with E-state index in [0.717, 1.165) is 16.8 Å². The van der Waals surface area contributed by atoms with Gasteiger partial charge in [0, 0.05) is 25.5 Å². The molecule has 1 atom stereocenters. The molecule has 0 amide bonds. The van der Waals surface area contributed by atoms with E-state index in [4.69, 9.17) is 4.74 Å². The highest BCUT2D eigenvalue weighted by Crippen LogP contribution is 2.23. The van der Waals surface area contributed by atoms with Crippen LogP contribution in [-0.4, -0.2) is 25.3 Å². The lowest BCUT2D eigenvalue weighted by Crippen LogP contribution is -2.27. The highest BCUT2D eigenvalue weighted by atomic mass is 32.2. The average molecular weight is 371 g/mol. The van der Waals surface area contributed by atoms with Crippen molar-refractivity contribution in [2.75, 3.05) is 7.11 Å². The molecule has 0 spiro atoms. The minimum atomic E-state index is -3.67. The zero-order valence-electron chi connectivity index (χ0n) is 14.7. The zero-order chi connectivity index (χ0) is 18.6. The highest BCUT2D eigenvalue weighted by molar-refractivity contribution is 7.89. The lowest BCUT2D eigenvalue weighted by Gasteiger charge is -2.18. The topological polar surface area (TPSA) is 73.2 Å². The van der Waals surface area contributed by atoms with Crippen molar-refractivity contribution in [3.63, 3.8) is 0 Å². The van der Waals surface area contributed by atoms with Crippen molar-refractivity contribution >= 4 is 10.0 Å². The van der Waals surface area contributed by atoms with Crippen LogP contribution in [-0.2, 0) is 21.4 Å². The summed E-state index contributed by atoms with van der Waals surface area (Å²) in [6.45, 7) is 2.18. The monoisotopic (exact) mass is 371 g/mol. The summed E-state index contributed by atoms with van der Waals surface area (Å²) >= 11 is 0. The molecule has 0 aliphatic heterocycles. The number of nitrogens with one attached hydrogen (secondary N) is 1. The van der Waals surface area contributed by atoms with Crippen molar-refractivity contribution in [1.82, 2.24) is 14.5 Å². The van der Waals surface area contributed by atoms with E-state index in [9.17, 15) is 8.42 Å². The maximum absolute atomic E-state index is 12.8. The van der Waals surface area contributed by atoms with Crippen molar-refractivity contribution in [2.24, 2.45) is 0 Å². The molecule has 2 aromatic carbocycles. The fourth-order valence-corrected chi connectivity index (χ4v) is 4.10. The molecule has 0 fully saturated rings. The van der Waals surface area contributed by atoms with E-state index in [1.54, 1.807) is 36.2 Å². The third kappa shape index (κ3) is 4.01. The quantitative estimate of drug-likeness (QED) is 0.693. The van der Waals surface area contributed by atoms with Crippen LogP contribution in [0, 0.1) is 0 Å². The zero-order valence-corrected chi connectivity index (χ0v) is 15.5. The molecule has 3 rings (SSSR count). The first-order chi connectivity index (χ1) is 12.5. The van der Waals surface area contributed by atoms with E-state index >= 15 is 0 Å². The van der Waals surface area contributed by atoms with Crippen LogP contribution in [0.15, 0.2) is 71.9 Å². The summed E-state index contributed by atoms with van der Waals surface area (Å²) in [6.07, 6.45) is 3.52. The first kappa shape index (κ1) is 18.3. The summed E-state index contributed by atoms with van der Waals surface area (Å²) in [4.78, 5) is 0.218. The first-order valence-electron chi connectivity index (χ1n) is 8.20. The molecule has 1 heterocycles. The summed E-state index contributed by atoms with van der Waals surface area (Å²) in [5.41, 5.74) is 2.48. The summed E-state index contributed by atoms with van der Waals surface area (Å²) in [7, 11) is -2.09. The third-order valence-corrected chi connectivity index (χ3v) is 5.54. The molecule has 0 saturated carbocycles. The lowest BCUT2D eigenvalue weighted by molar-refractivity contribution is 0.184. The van der Waals surface area contributed by atoms with Crippen LogP contribution < -0.4 is 4.72 Å². The van der Waals surface area contributed by atoms with Crippen LogP contribution in [0.1, 0.15) is 24.1 Å². The number of benzene rings is 2. The van der Waals surface area contributed by atoms with Gasteiger partial charge in [0.15, 0.2) is 0 Å². The van der Waals surface area contributed by atoms with Gasteiger partial charge in [-0.1, -0.05) is 30.3 Å². The van der Waals surface area contributed by atoms with E-state index in [1.165, 1.54) is 0 Å². The Kier molecular flexibility index (Phi) is 5.51. The van der Waals surface area contributed by atoms with Gasteiger partial charge in [0.05, 0.1) is 17.2 Å². The van der Waals surface area contributed by atoms with Gasteiger partial charge in [-0.2, -0.15) is 5.10 Å². The van der Waals surface area contributed by atoms with Gasteiger partial charge in [-0.3, -0.25) is 0 Å². The molecule has 1 unspecified atom stereocenters. The number of methoxy groups -OCH3 is 1. The summed E-state index contributed by atoms with van der Waals surface area (Å²) in [5.74, 6) is 0. The summed E-state index contributed by atoms with van der Waals surface area (Å²) in [6, 6.07) is 15.7. The van der Waals surface area contributed by atoms with Crippen LogP contribution in [0.2, 0.25) is 0 Å². The van der Waals surface area contributed by atoms with Gasteiger partial charge in [0.25, 0.3) is 0 Å². The van der Waals surface area contributed by atoms with E-state index in [0.29, 0.717) is 6.61 Å². The van der Waals surface area contributed by atoms with Crippen LogP contribution in [0.3, 0.4) is 0 Å². The molecule has 136 valence electrons. The van der Waals surface area contributed by atoms with Crippen molar-refractivity contribution in [3.05, 3.63) is 78.1 Å². The van der Waals surface area contributed by atoms with Crippen molar-refractivity contribution in [2.45, 2.75) is 24.5 Å². The van der Waals surface area contributed by atoms with Crippen LogP contribution in [0.5, 0.6) is 0 Å². The molecule has 7 heteroatoms. The number of para-hydroxylation sites is 1. The van der Waals surface area contributed by atoms with E-state index in [2.05, 4.69) is 9.82 Å². The Morgan fingerprint density at radius 3 is 2.69 bits per heavy atom. The van der Waals surface area contributed by atoms with Gasteiger partial charge in [-0.05, 0) is 42.3 Å². The Morgan fingerprint density at radius 2 is 1.96 bits per heavy atom. The molecule has 26 heavy (non-hydrogen) atoms. The van der Waals surface area contributed by atoms with Crippen molar-refractivity contribution in [1.29, 1.82) is 0 Å². The highest BCUT2D eigenvalue weighted by Gasteiger charge is 2.21. The summed E-state index contributed by atoms with van der Waals surface area (Å²) < 4.78 is 35.1. The molecule has 0 aliphatic rings. The first-order valence-corrected chi connectivity index (χ1v) is 9.69. The molecule has 6 nitrogen and oxygen atoms in total. The van der Waals surface area contributed by atoms with E-state index in [-0.39, 0.29) is 4.90 Å². The fraction of sp³-hybridized carbons (Fsp3) is 0.211. The molecule has 0 aliphatic carbocycles. The second-order valence-electron chi connectivity index (χ2n) is 5.93. The second-order valence-corrected chi connectivity index (χ2v) is 7.65. The molecule has 1 N–H and O–H groups in total. The van der Waals surface area contributed by atoms with Crippen LogP contribution in [0.4, 0.5) is 0 Å². The van der Waals surface area contributed by atoms with Crippen molar-refractivity contribution in [3.8, 4) is 5.69 Å². The second kappa shape index (κ2) is 7.82. The molecular formula is C19H21N3O3S. The minimum Gasteiger partial charge on any atom is -0.380 e. The van der Waals surface area contributed by atoms with Gasteiger partial charge < -0.3 is 4.74 Å². The Morgan fingerprint density at radius 1 is 1.15 bits per heavy atom. The minimum absolute atomic E-state index is 0.218. The molecule has 0 radical (unpaired) electrons. The Labute approximate surface area is 153 Å². The number of sulfonamides is 1. The lowest BCUT2D eigenvalue weighted by atomic mass is 10.1. The predicted octanol–water partition coefficient (Wildman–Crippen LogP) is 3.06. The maximum Gasteiger partial charge on any atom is 0.241 e. The SMILES string of the molecule is COCc1cccc(S(=O)(=O)NC(C)c2ccccc2-n2cccn2)c1. The van der Waals surface area contributed by atoms with Gasteiger partial charge in [-0.15, -0.1) is 0 Å². The Bertz CT molecular complexity index is 969. The maximum atomic E-state index is 12.8. The number of rotatable bonds is 7. The van der Waals surface area contributed by atoms with Gasteiger partial charge in [0.2, 0.25) is 10.0 Å². The largest absolute Gasteiger partial charge is 0.380 e. The van der Waals surface area contributed by atoms with Crippen LogP contribution in [0.25, 0.3) is 5.69 Å². The van der Waals surface area contributed by atoms with Gasteiger partial charge in [-0.25, -0.2) is 17.8 Å². The van der Waals surface area contributed by atoms with E-state index < -0.39 is 16.1 Å². The smallest absolute Gasteiger partial charge is 0.241 e. The number of nitrogens with zero attached hydrogens (tertiary/aromatic N) is 2.